The maximum absolute atomic E-state index is 13.3. The smallest absolute Gasteiger partial charge is 0.416 e. The Labute approximate surface area is 159 Å². The van der Waals surface area contributed by atoms with E-state index < -0.39 is 23.6 Å². The largest absolute Gasteiger partial charge is 0.467 e. The van der Waals surface area contributed by atoms with Crippen molar-refractivity contribution in [3.05, 3.63) is 83.7 Å². The number of carbonyl (C=O) groups is 1. The van der Waals surface area contributed by atoms with Crippen LogP contribution in [0.25, 0.3) is 0 Å². The van der Waals surface area contributed by atoms with Gasteiger partial charge >= 0.3 is 6.18 Å². The highest BCUT2D eigenvalue weighted by molar-refractivity contribution is 5.83. The molecule has 0 spiro atoms. The average Bonchev–Trinajstić information content (AvgIpc) is 3.03. The van der Waals surface area contributed by atoms with Crippen LogP contribution in [0.2, 0.25) is 0 Å². The molecule has 0 N–H and O–H groups in total. The summed E-state index contributed by atoms with van der Waals surface area (Å²) in [5, 5.41) is 0. The molecule has 1 amide bonds. The molecule has 1 fully saturated rings. The Morgan fingerprint density at radius 2 is 1.57 bits per heavy atom. The summed E-state index contributed by atoms with van der Waals surface area (Å²) < 4.78 is 50.6. The second-order valence-electron chi connectivity index (χ2n) is 6.89. The summed E-state index contributed by atoms with van der Waals surface area (Å²) in [4.78, 5) is 14.6. The van der Waals surface area contributed by atoms with Gasteiger partial charge in [0.25, 0.3) is 0 Å². The number of rotatable bonds is 6. The van der Waals surface area contributed by atoms with Gasteiger partial charge in [-0.25, -0.2) is 0 Å². The third kappa shape index (κ3) is 3.83. The molecule has 146 valence electrons. The summed E-state index contributed by atoms with van der Waals surface area (Å²) in [6, 6.07) is 12.4. The maximum Gasteiger partial charge on any atom is 0.416 e. The SMILES string of the molecule is O=C(C1CC1c1ccccc1C(F)(F)F)N(Cc1ccco1)Cc1ccco1. The predicted molar refractivity (Wildman–Crippen MR) is 94.0 cm³/mol. The predicted octanol–water partition coefficient (Wildman–Crippen LogP) is 5.22. The molecule has 0 saturated heterocycles. The molecular weight excluding hydrogens is 371 g/mol. The minimum atomic E-state index is -4.44. The number of carbonyl (C=O) groups excluding carboxylic acids is 1. The van der Waals surface area contributed by atoms with Crippen LogP contribution in [0.1, 0.15) is 35.0 Å². The van der Waals surface area contributed by atoms with Gasteiger partial charge in [0.1, 0.15) is 11.5 Å². The van der Waals surface area contributed by atoms with E-state index in [1.807, 2.05) is 0 Å². The lowest BCUT2D eigenvalue weighted by molar-refractivity contribution is -0.139. The minimum absolute atomic E-state index is 0.185. The van der Waals surface area contributed by atoms with Gasteiger partial charge in [-0.3, -0.25) is 4.79 Å². The van der Waals surface area contributed by atoms with Crippen LogP contribution in [0.4, 0.5) is 13.2 Å². The van der Waals surface area contributed by atoms with Crippen molar-refractivity contribution in [3.8, 4) is 0 Å². The number of amides is 1. The molecular formula is C21H18F3NO3. The number of halogens is 3. The maximum atomic E-state index is 13.3. The molecule has 1 aromatic carbocycles. The van der Waals surface area contributed by atoms with Crippen LogP contribution >= 0.6 is 0 Å². The van der Waals surface area contributed by atoms with Gasteiger partial charge in [0.2, 0.25) is 5.91 Å². The molecule has 2 unspecified atom stereocenters. The molecule has 0 radical (unpaired) electrons. The molecule has 2 heterocycles. The Morgan fingerprint density at radius 1 is 0.964 bits per heavy atom. The van der Waals surface area contributed by atoms with Crippen LogP contribution in [0, 0.1) is 5.92 Å². The zero-order valence-electron chi connectivity index (χ0n) is 14.9. The minimum Gasteiger partial charge on any atom is -0.467 e. The second kappa shape index (κ2) is 7.22. The first-order valence-electron chi connectivity index (χ1n) is 8.93. The first-order valence-corrected chi connectivity index (χ1v) is 8.93. The summed E-state index contributed by atoms with van der Waals surface area (Å²) in [6.45, 7) is 0.466. The topological polar surface area (TPSA) is 46.6 Å². The van der Waals surface area contributed by atoms with E-state index in [1.165, 1.54) is 24.7 Å². The lowest BCUT2D eigenvalue weighted by Gasteiger charge is -2.21. The normalized spacial score (nSPS) is 18.8. The highest BCUT2D eigenvalue weighted by atomic mass is 19.4. The molecule has 4 nitrogen and oxygen atoms in total. The Bertz CT molecular complexity index is 896. The fourth-order valence-electron chi connectivity index (χ4n) is 3.52. The van der Waals surface area contributed by atoms with Crippen molar-refractivity contribution >= 4 is 5.91 Å². The van der Waals surface area contributed by atoms with E-state index in [-0.39, 0.29) is 24.6 Å². The first-order chi connectivity index (χ1) is 13.4. The number of alkyl halides is 3. The van der Waals surface area contributed by atoms with E-state index in [1.54, 1.807) is 35.2 Å². The number of nitrogens with zero attached hydrogens (tertiary/aromatic N) is 1. The zero-order valence-corrected chi connectivity index (χ0v) is 14.9. The van der Waals surface area contributed by atoms with Gasteiger partial charge in [0.15, 0.2) is 0 Å². The lowest BCUT2D eigenvalue weighted by Crippen LogP contribution is -2.31. The molecule has 1 aliphatic carbocycles. The number of hydrogen-bond donors (Lipinski definition) is 0. The monoisotopic (exact) mass is 389 g/mol. The number of benzene rings is 1. The van der Waals surface area contributed by atoms with Crippen LogP contribution in [0.15, 0.2) is 69.9 Å². The van der Waals surface area contributed by atoms with Gasteiger partial charge in [0.05, 0.1) is 31.2 Å². The lowest BCUT2D eigenvalue weighted by atomic mass is 10.0. The van der Waals surface area contributed by atoms with E-state index in [9.17, 15) is 18.0 Å². The van der Waals surface area contributed by atoms with E-state index in [4.69, 9.17) is 8.83 Å². The summed E-state index contributed by atoms with van der Waals surface area (Å²) in [6.07, 6.45) is -0.998. The van der Waals surface area contributed by atoms with Crippen molar-refractivity contribution in [2.24, 2.45) is 5.92 Å². The summed E-state index contributed by atoms with van der Waals surface area (Å²) >= 11 is 0. The highest BCUT2D eigenvalue weighted by Crippen LogP contribution is 2.52. The van der Waals surface area contributed by atoms with Crippen LogP contribution in [0.3, 0.4) is 0 Å². The third-order valence-corrected chi connectivity index (χ3v) is 4.94. The first kappa shape index (κ1) is 18.4. The van der Waals surface area contributed by atoms with E-state index in [0.29, 0.717) is 17.9 Å². The second-order valence-corrected chi connectivity index (χ2v) is 6.89. The van der Waals surface area contributed by atoms with Crippen molar-refractivity contribution in [3.63, 3.8) is 0 Å². The van der Waals surface area contributed by atoms with Crippen LogP contribution in [0.5, 0.6) is 0 Å². The van der Waals surface area contributed by atoms with Crippen LogP contribution in [-0.4, -0.2) is 10.8 Å². The van der Waals surface area contributed by atoms with Crippen LogP contribution < -0.4 is 0 Å². The third-order valence-electron chi connectivity index (χ3n) is 4.94. The van der Waals surface area contributed by atoms with E-state index in [2.05, 4.69) is 0 Å². The molecule has 7 heteroatoms. The van der Waals surface area contributed by atoms with Crippen molar-refractivity contribution in [1.29, 1.82) is 0 Å². The fourth-order valence-corrected chi connectivity index (χ4v) is 3.52. The molecule has 28 heavy (non-hydrogen) atoms. The molecule has 4 rings (SSSR count). The van der Waals surface area contributed by atoms with Crippen molar-refractivity contribution in [2.45, 2.75) is 31.6 Å². The molecule has 1 aliphatic rings. The van der Waals surface area contributed by atoms with Gasteiger partial charge in [-0.1, -0.05) is 18.2 Å². The molecule has 0 bridgehead atoms. The fraction of sp³-hybridized carbons (Fsp3) is 0.286. The van der Waals surface area contributed by atoms with Crippen molar-refractivity contribution < 1.29 is 26.8 Å². The molecule has 1 saturated carbocycles. The zero-order chi connectivity index (χ0) is 19.7. The van der Waals surface area contributed by atoms with Gasteiger partial charge < -0.3 is 13.7 Å². The Hall–Kier alpha value is -2.96. The van der Waals surface area contributed by atoms with Crippen molar-refractivity contribution in [1.82, 2.24) is 4.90 Å². The molecule has 2 aromatic heterocycles. The molecule has 3 aromatic rings. The Balaban J connectivity index is 1.54. The number of hydrogen-bond acceptors (Lipinski definition) is 3. The highest BCUT2D eigenvalue weighted by Gasteiger charge is 2.49. The summed E-state index contributed by atoms with van der Waals surface area (Å²) in [7, 11) is 0. The summed E-state index contributed by atoms with van der Waals surface area (Å²) in [5.74, 6) is 0.102. The quantitative estimate of drug-likeness (QED) is 0.580. The molecule has 2 atom stereocenters. The average molecular weight is 389 g/mol. The van der Waals surface area contributed by atoms with Crippen LogP contribution in [-0.2, 0) is 24.1 Å². The van der Waals surface area contributed by atoms with Gasteiger partial charge in [-0.2, -0.15) is 13.2 Å². The Kier molecular flexibility index (Phi) is 4.75. The van der Waals surface area contributed by atoms with Crippen molar-refractivity contribution in [2.75, 3.05) is 0 Å². The Morgan fingerprint density at radius 3 is 2.11 bits per heavy atom. The molecule has 0 aliphatic heterocycles. The summed E-state index contributed by atoms with van der Waals surface area (Å²) in [5.41, 5.74) is -0.483. The van der Waals surface area contributed by atoms with Gasteiger partial charge in [-0.05, 0) is 48.2 Å². The number of furan rings is 2. The van der Waals surface area contributed by atoms with E-state index in [0.717, 1.165) is 6.07 Å². The van der Waals surface area contributed by atoms with E-state index >= 15 is 0 Å². The van der Waals surface area contributed by atoms with Gasteiger partial charge in [-0.15, -0.1) is 0 Å². The van der Waals surface area contributed by atoms with Gasteiger partial charge in [0, 0.05) is 5.92 Å². The standard InChI is InChI=1S/C21H18F3NO3/c22-21(23,24)19-8-2-1-7-16(19)17-11-18(17)20(26)25(12-14-5-3-9-27-14)13-15-6-4-10-28-15/h1-10,17-18H,11-13H2.